The molecule has 2 aromatic rings. The molecule has 0 radical (unpaired) electrons. The fourth-order valence-electron chi connectivity index (χ4n) is 4.51. The predicted molar refractivity (Wildman–Crippen MR) is 99.0 cm³/mol. The van der Waals surface area contributed by atoms with E-state index in [9.17, 15) is 4.79 Å². The van der Waals surface area contributed by atoms with Crippen molar-refractivity contribution in [3.8, 4) is 0 Å². The van der Waals surface area contributed by atoms with Crippen LogP contribution in [0, 0.1) is 5.92 Å². The van der Waals surface area contributed by atoms with Gasteiger partial charge in [0.25, 0.3) is 5.56 Å². The number of aryl methyl sites for hydroxylation is 2. The van der Waals surface area contributed by atoms with Crippen molar-refractivity contribution >= 4 is 0 Å². The summed E-state index contributed by atoms with van der Waals surface area (Å²) in [4.78, 5) is 19.2. The van der Waals surface area contributed by atoms with Crippen LogP contribution in [-0.4, -0.2) is 37.3 Å². The van der Waals surface area contributed by atoms with Gasteiger partial charge in [0.1, 0.15) is 0 Å². The third kappa shape index (κ3) is 3.22. The summed E-state index contributed by atoms with van der Waals surface area (Å²) in [5.41, 5.74) is 3.76. The molecule has 1 saturated heterocycles. The van der Waals surface area contributed by atoms with Crippen molar-refractivity contribution in [2.45, 2.75) is 64.1 Å². The van der Waals surface area contributed by atoms with E-state index < -0.39 is 0 Å². The van der Waals surface area contributed by atoms with Crippen LogP contribution in [0.3, 0.4) is 0 Å². The van der Waals surface area contributed by atoms with Gasteiger partial charge >= 0.3 is 0 Å². The lowest BCUT2D eigenvalue weighted by Crippen LogP contribution is -2.37. The second kappa shape index (κ2) is 6.65. The molecule has 1 saturated carbocycles. The Labute approximate surface area is 153 Å². The average molecular weight is 353 g/mol. The summed E-state index contributed by atoms with van der Waals surface area (Å²) in [6.07, 6.45) is 12.1. The molecule has 0 atom stereocenters. The molecule has 26 heavy (non-hydrogen) atoms. The highest BCUT2D eigenvalue weighted by Crippen LogP contribution is 2.36. The summed E-state index contributed by atoms with van der Waals surface area (Å²) in [6.45, 7) is 3.97. The van der Waals surface area contributed by atoms with Gasteiger partial charge in [0, 0.05) is 31.4 Å². The Morgan fingerprint density at radius 1 is 1.12 bits per heavy atom. The van der Waals surface area contributed by atoms with Crippen LogP contribution in [0.1, 0.15) is 55.1 Å². The van der Waals surface area contributed by atoms with Gasteiger partial charge in [-0.05, 0) is 69.5 Å². The molecule has 0 N–H and O–H groups in total. The van der Waals surface area contributed by atoms with Gasteiger partial charge in [-0.25, -0.2) is 9.67 Å². The first-order chi connectivity index (χ1) is 12.8. The molecule has 6 heteroatoms. The van der Waals surface area contributed by atoms with Crippen molar-refractivity contribution in [1.29, 1.82) is 0 Å². The van der Waals surface area contributed by atoms with Crippen LogP contribution in [-0.2, 0) is 25.9 Å². The molecule has 2 aromatic heterocycles. The van der Waals surface area contributed by atoms with Crippen LogP contribution < -0.4 is 5.56 Å². The van der Waals surface area contributed by atoms with E-state index in [0.29, 0.717) is 12.0 Å². The number of rotatable bonds is 5. The monoisotopic (exact) mass is 353 g/mol. The van der Waals surface area contributed by atoms with E-state index in [1.807, 2.05) is 18.6 Å². The highest BCUT2D eigenvalue weighted by atomic mass is 16.1. The topological polar surface area (TPSA) is 56.0 Å². The molecule has 3 aliphatic rings. The summed E-state index contributed by atoms with van der Waals surface area (Å²) < 4.78 is 4.09. The highest BCUT2D eigenvalue weighted by Gasteiger charge is 2.27. The lowest BCUT2D eigenvalue weighted by atomic mass is 9.96. The highest BCUT2D eigenvalue weighted by molar-refractivity contribution is 5.22. The van der Waals surface area contributed by atoms with E-state index >= 15 is 0 Å². The van der Waals surface area contributed by atoms with Crippen molar-refractivity contribution in [2.24, 2.45) is 5.92 Å². The maximum Gasteiger partial charge on any atom is 0.267 e. The molecule has 5 rings (SSSR count). The first-order valence-electron chi connectivity index (χ1n) is 10.1. The Balaban J connectivity index is 1.18. The zero-order valence-corrected chi connectivity index (χ0v) is 15.3. The van der Waals surface area contributed by atoms with Gasteiger partial charge in [-0.15, -0.1) is 0 Å². The molecule has 0 aromatic carbocycles. The van der Waals surface area contributed by atoms with E-state index in [4.69, 9.17) is 0 Å². The molecule has 1 aliphatic heterocycles. The van der Waals surface area contributed by atoms with Crippen LogP contribution >= 0.6 is 0 Å². The van der Waals surface area contributed by atoms with Gasteiger partial charge in [0.05, 0.1) is 17.7 Å². The van der Waals surface area contributed by atoms with Crippen molar-refractivity contribution in [2.75, 3.05) is 13.1 Å². The largest absolute Gasteiger partial charge is 0.330 e. The number of imidazole rings is 1. The van der Waals surface area contributed by atoms with E-state index in [0.717, 1.165) is 64.0 Å². The summed E-state index contributed by atoms with van der Waals surface area (Å²) in [7, 11) is 0. The molecule has 2 fully saturated rings. The van der Waals surface area contributed by atoms with Gasteiger partial charge < -0.3 is 4.57 Å². The van der Waals surface area contributed by atoms with Crippen molar-refractivity contribution in [3.63, 3.8) is 0 Å². The number of nitrogens with zero attached hydrogens (tertiary/aromatic N) is 5. The number of hydrogen-bond acceptors (Lipinski definition) is 4. The van der Waals surface area contributed by atoms with Gasteiger partial charge in [-0.3, -0.25) is 9.69 Å². The molecule has 3 heterocycles. The Hall–Kier alpha value is -1.95. The van der Waals surface area contributed by atoms with Crippen LogP contribution in [0.25, 0.3) is 0 Å². The molecular formula is C20H27N5O. The first kappa shape index (κ1) is 16.2. The van der Waals surface area contributed by atoms with Crippen LogP contribution in [0.4, 0.5) is 0 Å². The molecule has 6 nitrogen and oxygen atoms in total. The predicted octanol–water partition coefficient (Wildman–Crippen LogP) is 2.18. The van der Waals surface area contributed by atoms with Crippen molar-refractivity contribution in [1.82, 2.24) is 24.2 Å². The summed E-state index contributed by atoms with van der Waals surface area (Å²) in [5, 5.41) is 4.64. The lowest BCUT2D eigenvalue weighted by Gasteiger charge is -2.32. The molecule has 2 aliphatic carbocycles. The molecular weight excluding hydrogens is 326 g/mol. The number of likely N-dealkylation sites (tertiary alicyclic amines) is 1. The van der Waals surface area contributed by atoms with Crippen molar-refractivity contribution in [3.05, 3.63) is 45.9 Å². The van der Waals surface area contributed by atoms with Crippen LogP contribution in [0.5, 0.6) is 0 Å². The minimum absolute atomic E-state index is 0.0846. The van der Waals surface area contributed by atoms with E-state index in [1.54, 1.807) is 4.68 Å². The van der Waals surface area contributed by atoms with Gasteiger partial charge in [0.15, 0.2) is 0 Å². The number of fused-ring (bicyclic) bond motifs is 1. The maximum absolute atomic E-state index is 12.3. The minimum Gasteiger partial charge on any atom is -0.330 e. The third-order valence-corrected chi connectivity index (χ3v) is 6.23. The zero-order chi connectivity index (χ0) is 17.5. The second-order valence-electron chi connectivity index (χ2n) is 8.23. The van der Waals surface area contributed by atoms with Crippen molar-refractivity contribution < 1.29 is 0 Å². The van der Waals surface area contributed by atoms with Crippen LogP contribution in [0.2, 0.25) is 0 Å². The molecule has 0 bridgehead atoms. The lowest BCUT2D eigenvalue weighted by molar-refractivity contribution is 0.160. The second-order valence-corrected chi connectivity index (χ2v) is 8.23. The Morgan fingerprint density at radius 3 is 2.77 bits per heavy atom. The standard InChI is InChI=1S/C20H27N5O/c26-20-10-16-2-1-3-19(16)22-25(20)12-15-6-8-23(9-7-15)13-18-11-21-14-24(18)17-4-5-17/h10-11,14-15,17H,1-9,12-13H2. The summed E-state index contributed by atoms with van der Waals surface area (Å²) >= 11 is 0. The molecule has 0 unspecified atom stereocenters. The smallest absolute Gasteiger partial charge is 0.267 e. The van der Waals surface area contributed by atoms with E-state index in [1.165, 1.54) is 24.1 Å². The normalized spacial score (nSPS) is 21.2. The number of aromatic nitrogens is 4. The Morgan fingerprint density at radius 2 is 1.96 bits per heavy atom. The fraction of sp³-hybridized carbons (Fsp3) is 0.650. The third-order valence-electron chi connectivity index (χ3n) is 6.23. The van der Waals surface area contributed by atoms with Gasteiger partial charge in [0.2, 0.25) is 0 Å². The Kier molecular flexibility index (Phi) is 4.15. The number of hydrogen-bond donors (Lipinski definition) is 0. The number of piperidine rings is 1. The fourth-order valence-corrected chi connectivity index (χ4v) is 4.51. The summed E-state index contributed by atoms with van der Waals surface area (Å²) in [6, 6.07) is 2.52. The molecule has 138 valence electrons. The summed E-state index contributed by atoms with van der Waals surface area (Å²) in [5.74, 6) is 0.559. The zero-order valence-electron chi connectivity index (χ0n) is 15.3. The quantitative estimate of drug-likeness (QED) is 0.827. The Bertz CT molecular complexity index is 842. The molecule has 0 amide bonds. The first-order valence-corrected chi connectivity index (χ1v) is 10.1. The molecule has 0 spiro atoms. The SMILES string of the molecule is O=c1cc2c(nn1CC1CCN(Cc3cncn3C3CC3)CC1)CCC2. The van der Waals surface area contributed by atoms with Crippen LogP contribution in [0.15, 0.2) is 23.4 Å². The van der Waals surface area contributed by atoms with Gasteiger partial charge in [-0.1, -0.05) is 0 Å². The van der Waals surface area contributed by atoms with E-state index in [2.05, 4.69) is 19.5 Å². The maximum atomic E-state index is 12.3. The van der Waals surface area contributed by atoms with Gasteiger partial charge in [-0.2, -0.15) is 5.10 Å². The van der Waals surface area contributed by atoms with E-state index in [-0.39, 0.29) is 5.56 Å². The average Bonchev–Trinajstić information content (AvgIpc) is 3.22. The minimum atomic E-state index is 0.0846.